The van der Waals surface area contributed by atoms with Gasteiger partial charge in [0, 0.05) is 19.7 Å². The van der Waals surface area contributed by atoms with Crippen molar-refractivity contribution in [1.29, 1.82) is 0 Å². The number of aryl methyl sites for hydroxylation is 1. The first-order chi connectivity index (χ1) is 12.4. The minimum absolute atomic E-state index is 0.0868. The number of benzene rings is 1. The number of rotatable bonds is 5. The van der Waals surface area contributed by atoms with Crippen molar-refractivity contribution in [3.8, 4) is 5.69 Å². The summed E-state index contributed by atoms with van der Waals surface area (Å²) in [7, 11) is 1.58. The zero-order valence-corrected chi connectivity index (χ0v) is 15.2. The molecule has 1 fully saturated rings. The standard InChI is InChI=1S/C19H23N3O4/c1-12-18(13(2)22(20-12)14-7-5-4-6-8-14)19(25)21-11-16(26-3)9-15(21)10-17(23)24/h4-8,15-16H,9-11H2,1-3H3,(H,23,24). The fourth-order valence-corrected chi connectivity index (χ4v) is 3.60. The van der Waals surface area contributed by atoms with Crippen LogP contribution in [-0.2, 0) is 9.53 Å². The number of aromatic nitrogens is 2. The van der Waals surface area contributed by atoms with Crippen molar-refractivity contribution in [3.63, 3.8) is 0 Å². The maximum absolute atomic E-state index is 13.2. The average molecular weight is 357 g/mol. The number of aliphatic carboxylic acids is 1. The van der Waals surface area contributed by atoms with E-state index in [1.54, 1.807) is 23.6 Å². The highest BCUT2D eigenvalue weighted by atomic mass is 16.5. The molecule has 1 amide bonds. The Morgan fingerprint density at radius 1 is 1.27 bits per heavy atom. The third-order valence-electron chi connectivity index (χ3n) is 4.89. The molecule has 2 aromatic rings. The lowest BCUT2D eigenvalue weighted by Crippen LogP contribution is -2.37. The van der Waals surface area contributed by atoms with Gasteiger partial charge in [-0.3, -0.25) is 9.59 Å². The highest BCUT2D eigenvalue weighted by Crippen LogP contribution is 2.27. The van der Waals surface area contributed by atoms with Gasteiger partial charge in [-0.2, -0.15) is 5.10 Å². The molecule has 0 bridgehead atoms. The molecule has 0 spiro atoms. The van der Waals surface area contributed by atoms with E-state index in [-0.39, 0.29) is 24.5 Å². The van der Waals surface area contributed by atoms with E-state index in [4.69, 9.17) is 9.84 Å². The molecular formula is C19H23N3O4. The summed E-state index contributed by atoms with van der Waals surface area (Å²) in [5.74, 6) is -1.11. The molecule has 1 aliphatic rings. The van der Waals surface area contributed by atoms with E-state index in [0.29, 0.717) is 24.2 Å². The second-order valence-electron chi connectivity index (χ2n) is 6.60. The Morgan fingerprint density at radius 3 is 2.58 bits per heavy atom. The Hall–Kier alpha value is -2.67. The number of hydrogen-bond acceptors (Lipinski definition) is 4. The van der Waals surface area contributed by atoms with Gasteiger partial charge in [0.1, 0.15) is 0 Å². The number of ether oxygens (including phenoxy) is 1. The van der Waals surface area contributed by atoms with Gasteiger partial charge in [0.25, 0.3) is 5.91 Å². The van der Waals surface area contributed by atoms with Gasteiger partial charge in [-0.1, -0.05) is 18.2 Å². The van der Waals surface area contributed by atoms with Crippen molar-refractivity contribution in [2.45, 2.75) is 38.8 Å². The Kier molecular flexibility index (Phi) is 5.08. The van der Waals surface area contributed by atoms with Crippen LogP contribution in [0.2, 0.25) is 0 Å². The predicted octanol–water partition coefficient (Wildman–Crippen LogP) is 2.19. The van der Waals surface area contributed by atoms with Crippen molar-refractivity contribution < 1.29 is 19.4 Å². The smallest absolute Gasteiger partial charge is 0.305 e. The van der Waals surface area contributed by atoms with Gasteiger partial charge in [-0.05, 0) is 32.4 Å². The molecule has 2 unspecified atom stereocenters. The van der Waals surface area contributed by atoms with Gasteiger partial charge >= 0.3 is 5.97 Å². The Balaban J connectivity index is 1.94. The van der Waals surface area contributed by atoms with E-state index < -0.39 is 5.97 Å². The molecule has 2 heterocycles. The molecule has 1 aromatic carbocycles. The van der Waals surface area contributed by atoms with Gasteiger partial charge in [0.15, 0.2) is 0 Å². The van der Waals surface area contributed by atoms with Gasteiger partial charge in [0.05, 0.1) is 35.2 Å². The van der Waals surface area contributed by atoms with Crippen LogP contribution in [0.3, 0.4) is 0 Å². The van der Waals surface area contributed by atoms with Gasteiger partial charge < -0.3 is 14.7 Å². The summed E-state index contributed by atoms with van der Waals surface area (Å²) in [6, 6.07) is 9.24. The summed E-state index contributed by atoms with van der Waals surface area (Å²) in [5.41, 5.74) is 2.78. The molecule has 1 saturated heterocycles. The predicted molar refractivity (Wildman–Crippen MR) is 95.5 cm³/mol. The molecule has 1 aromatic heterocycles. The fourth-order valence-electron chi connectivity index (χ4n) is 3.60. The zero-order chi connectivity index (χ0) is 18.8. The van der Waals surface area contributed by atoms with Gasteiger partial charge in [-0.15, -0.1) is 0 Å². The lowest BCUT2D eigenvalue weighted by atomic mass is 10.1. The summed E-state index contributed by atoms with van der Waals surface area (Å²) >= 11 is 0. The summed E-state index contributed by atoms with van der Waals surface area (Å²) in [6.07, 6.45) is 0.295. The van der Waals surface area contributed by atoms with Crippen molar-refractivity contribution in [3.05, 3.63) is 47.3 Å². The third-order valence-corrected chi connectivity index (χ3v) is 4.89. The molecule has 0 saturated carbocycles. The number of para-hydroxylation sites is 1. The van der Waals surface area contributed by atoms with E-state index >= 15 is 0 Å². The molecule has 0 radical (unpaired) electrons. The van der Waals surface area contributed by atoms with E-state index in [2.05, 4.69) is 5.10 Å². The monoisotopic (exact) mass is 357 g/mol. The first kappa shape index (κ1) is 18.1. The molecule has 26 heavy (non-hydrogen) atoms. The van der Waals surface area contributed by atoms with Gasteiger partial charge in [-0.25, -0.2) is 4.68 Å². The fraction of sp³-hybridized carbons (Fsp3) is 0.421. The summed E-state index contributed by atoms with van der Waals surface area (Å²) in [6.45, 7) is 4.05. The molecule has 2 atom stereocenters. The first-order valence-corrected chi connectivity index (χ1v) is 8.59. The molecule has 7 heteroatoms. The third kappa shape index (κ3) is 3.35. The summed E-state index contributed by atoms with van der Waals surface area (Å²) in [4.78, 5) is 26.0. The number of carboxylic acid groups (broad SMARTS) is 1. The summed E-state index contributed by atoms with van der Waals surface area (Å²) < 4.78 is 7.12. The molecular weight excluding hydrogens is 334 g/mol. The second-order valence-corrected chi connectivity index (χ2v) is 6.60. The number of methoxy groups -OCH3 is 1. The van der Waals surface area contributed by atoms with Gasteiger partial charge in [0.2, 0.25) is 0 Å². The quantitative estimate of drug-likeness (QED) is 0.887. The molecule has 1 N–H and O–H groups in total. The van der Waals surface area contributed by atoms with Crippen molar-refractivity contribution in [2.75, 3.05) is 13.7 Å². The highest BCUT2D eigenvalue weighted by Gasteiger charge is 2.38. The molecule has 1 aliphatic heterocycles. The van der Waals surface area contributed by atoms with Crippen LogP contribution in [0.1, 0.15) is 34.6 Å². The van der Waals surface area contributed by atoms with E-state index in [1.807, 2.05) is 37.3 Å². The molecule has 138 valence electrons. The van der Waals surface area contributed by atoms with Crippen LogP contribution in [0, 0.1) is 13.8 Å². The van der Waals surface area contributed by atoms with Crippen LogP contribution in [-0.4, -0.2) is 57.5 Å². The van der Waals surface area contributed by atoms with Crippen molar-refractivity contribution in [1.82, 2.24) is 14.7 Å². The van der Waals surface area contributed by atoms with E-state index in [0.717, 1.165) is 11.4 Å². The largest absolute Gasteiger partial charge is 0.481 e. The van der Waals surface area contributed by atoms with Crippen LogP contribution < -0.4 is 0 Å². The number of hydrogen-bond donors (Lipinski definition) is 1. The normalized spacial score (nSPS) is 19.7. The van der Waals surface area contributed by atoms with Crippen LogP contribution >= 0.6 is 0 Å². The minimum Gasteiger partial charge on any atom is -0.481 e. The molecule has 7 nitrogen and oxygen atoms in total. The number of likely N-dealkylation sites (tertiary alicyclic amines) is 1. The molecule has 3 rings (SSSR count). The van der Waals surface area contributed by atoms with Crippen molar-refractivity contribution in [2.24, 2.45) is 0 Å². The lowest BCUT2D eigenvalue weighted by Gasteiger charge is -2.23. The van der Waals surface area contributed by atoms with Crippen molar-refractivity contribution >= 4 is 11.9 Å². The number of nitrogens with zero attached hydrogens (tertiary/aromatic N) is 3. The highest BCUT2D eigenvalue weighted by molar-refractivity contribution is 5.97. The minimum atomic E-state index is -0.919. The lowest BCUT2D eigenvalue weighted by molar-refractivity contribution is -0.137. The topological polar surface area (TPSA) is 84.7 Å². The second kappa shape index (κ2) is 7.29. The number of carboxylic acids is 1. The van der Waals surface area contributed by atoms with E-state index in [1.165, 1.54) is 0 Å². The Bertz CT molecular complexity index is 816. The van der Waals surface area contributed by atoms with Crippen LogP contribution in [0.25, 0.3) is 5.69 Å². The first-order valence-electron chi connectivity index (χ1n) is 8.59. The number of carbonyl (C=O) groups excluding carboxylic acids is 1. The summed E-state index contributed by atoms with van der Waals surface area (Å²) in [5, 5.41) is 13.7. The average Bonchev–Trinajstić information content (AvgIpc) is 3.15. The number of amides is 1. The maximum Gasteiger partial charge on any atom is 0.305 e. The number of carbonyl (C=O) groups is 2. The Labute approximate surface area is 152 Å². The van der Waals surface area contributed by atoms with Crippen LogP contribution in [0.15, 0.2) is 30.3 Å². The maximum atomic E-state index is 13.2. The Morgan fingerprint density at radius 2 is 1.96 bits per heavy atom. The zero-order valence-electron chi connectivity index (χ0n) is 15.2. The van der Waals surface area contributed by atoms with Crippen LogP contribution in [0.4, 0.5) is 0 Å². The van der Waals surface area contributed by atoms with E-state index in [9.17, 15) is 9.59 Å². The molecule has 0 aliphatic carbocycles. The van der Waals surface area contributed by atoms with Crippen LogP contribution in [0.5, 0.6) is 0 Å². The SMILES string of the molecule is COC1CC(CC(=O)O)N(C(=O)c2c(C)nn(-c3ccccc3)c2C)C1.